The van der Waals surface area contributed by atoms with Crippen molar-refractivity contribution in [1.82, 2.24) is 4.90 Å². The third kappa shape index (κ3) is 5.58. The highest BCUT2D eigenvalue weighted by Gasteiger charge is 2.14. The maximum absolute atomic E-state index is 4.41. The molecule has 2 heteroatoms. The minimum absolute atomic E-state index is 0.745. The second-order valence-electron chi connectivity index (χ2n) is 4.08. The van der Waals surface area contributed by atoms with Crippen molar-refractivity contribution in [1.29, 1.82) is 0 Å². The lowest BCUT2D eigenvalue weighted by Crippen LogP contribution is -2.33. The molecule has 1 atom stereocenters. The highest BCUT2D eigenvalue weighted by Crippen LogP contribution is 2.14. The van der Waals surface area contributed by atoms with Crippen LogP contribution in [0, 0.1) is 11.8 Å². The fraction of sp³-hybridized carbons (Fsp3) is 1.00. The van der Waals surface area contributed by atoms with Crippen LogP contribution in [0.1, 0.15) is 34.1 Å². The van der Waals surface area contributed by atoms with Gasteiger partial charge < -0.3 is 4.90 Å². The standard InChI is InChI=1S/C11H25NS/c1-5-7-12(6-2)8-11(9-13)10(3)4/h10-11,13H,5-9H2,1-4H3. The third-order valence-corrected chi connectivity index (χ3v) is 3.13. The van der Waals surface area contributed by atoms with Crippen molar-refractivity contribution < 1.29 is 0 Å². The van der Waals surface area contributed by atoms with E-state index in [1.807, 2.05) is 0 Å². The lowest BCUT2D eigenvalue weighted by atomic mass is 9.97. The van der Waals surface area contributed by atoms with Gasteiger partial charge in [-0.05, 0) is 37.1 Å². The molecule has 0 spiro atoms. The van der Waals surface area contributed by atoms with Crippen molar-refractivity contribution in [3.05, 3.63) is 0 Å². The lowest BCUT2D eigenvalue weighted by Gasteiger charge is -2.27. The summed E-state index contributed by atoms with van der Waals surface area (Å²) in [6.07, 6.45) is 1.26. The van der Waals surface area contributed by atoms with Crippen LogP contribution in [-0.4, -0.2) is 30.3 Å². The maximum Gasteiger partial charge on any atom is 0.00198 e. The molecular formula is C11H25NS. The first-order valence-electron chi connectivity index (χ1n) is 5.48. The summed E-state index contributed by atoms with van der Waals surface area (Å²) in [6.45, 7) is 12.7. The van der Waals surface area contributed by atoms with E-state index in [-0.39, 0.29) is 0 Å². The van der Waals surface area contributed by atoms with E-state index >= 15 is 0 Å². The van der Waals surface area contributed by atoms with Crippen molar-refractivity contribution in [2.45, 2.75) is 34.1 Å². The molecule has 0 N–H and O–H groups in total. The molecule has 0 saturated heterocycles. The van der Waals surface area contributed by atoms with Crippen LogP contribution in [0.3, 0.4) is 0 Å². The van der Waals surface area contributed by atoms with Gasteiger partial charge in [-0.15, -0.1) is 0 Å². The molecule has 0 aliphatic carbocycles. The van der Waals surface area contributed by atoms with Gasteiger partial charge in [0.1, 0.15) is 0 Å². The van der Waals surface area contributed by atoms with E-state index in [2.05, 4.69) is 45.2 Å². The van der Waals surface area contributed by atoms with Crippen molar-refractivity contribution >= 4 is 12.6 Å². The van der Waals surface area contributed by atoms with Crippen LogP contribution in [0.5, 0.6) is 0 Å². The van der Waals surface area contributed by atoms with E-state index in [1.165, 1.54) is 26.1 Å². The van der Waals surface area contributed by atoms with E-state index in [9.17, 15) is 0 Å². The zero-order valence-electron chi connectivity index (χ0n) is 9.58. The van der Waals surface area contributed by atoms with Gasteiger partial charge in [-0.3, -0.25) is 0 Å². The highest BCUT2D eigenvalue weighted by atomic mass is 32.1. The van der Waals surface area contributed by atoms with Gasteiger partial charge in [0.05, 0.1) is 0 Å². The van der Waals surface area contributed by atoms with Gasteiger partial charge in [0.25, 0.3) is 0 Å². The monoisotopic (exact) mass is 203 g/mol. The Bertz CT molecular complexity index is 115. The summed E-state index contributed by atoms with van der Waals surface area (Å²) in [4.78, 5) is 2.53. The first-order chi connectivity index (χ1) is 6.15. The number of hydrogen-bond donors (Lipinski definition) is 1. The fourth-order valence-electron chi connectivity index (χ4n) is 1.51. The molecule has 0 saturated carbocycles. The Morgan fingerprint density at radius 2 is 1.85 bits per heavy atom. The molecule has 0 aliphatic rings. The smallest absolute Gasteiger partial charge is 0.00198 e. The fourth-order valence-corrected chi connectivity index (χ4v) is 2.04. The molecule has 0 heterocycles. The molecule has 0 aliphatic heterocycles. The normalized spacial score (nSPS) is 14.1. The maximum atomic E-state index is 4.41. The first-order valence-corrected chi connectivity index (χ1v) is 6.12. The molecule has 0 fully saturated rings. The molecule has 1 nitrogen and oxygen atoms in total. The second kappa shape index (κ2) is 7.69. The van der Waals surface area contributed by atoms with Crippen LogP contribution < -0.4 is 0 Å². The Hall–Kier alpha value is 0.310. The van der Waals surface area contributed by atoms with Crippen molar-refractivity contribution in [3.8, 4) is 0 Å². The Morgan fingerprint density at radius 3 is 2.15 bits per heavy atom. The largest absolute Gasteiger partial charge is 0.303 e. The average molecular weight is 203 g/mol. The average Bonchev–Trinajstić information content (AvgIpc) is 2.11. The summed E-state index contributed by atoms with van der Waals surface area (Å²) in [7, 11) is 0. The third-order valence-electron chi connectivity index (χ3n) is 2.66. The topological polar surface area (TPSA) is 3.24 Å². The first kappa shape index (κ1) is 13.3. The molecule has 0 aromatic rings. The second-order valence-corrected chi connectivity index (χ2v) is 4.45. The van der Waals surface area contributed by atoms with E-state index in [0.717, 1.165) is 17.6 Å². The van der Waals surface area contributed by atoms with Gasteiger partial charge in [-0.25, -0.2) is 0 Å². The summed E-state index contributed by atoms with van der Waals surface area (Å²) in [5.41, 5.74) is 0. The molecule has 1 unspecified atom stereocenters. The molecule has 0 aromatic carbocycles. The summed E-state index contributed by atoms with van der Waals surface area (Å²) in [6, 6.07) is 0. The molecule has 0 radical (unpaired) electrons. The van der Waals surface area contributed by atoms with Crippen molar-refractivity contribution in [2.75, 3.05) is 25.4 Å². The number of thiol groups is 1. The van der Waals surface area contributed by atoms with E-state index in [1.54, 1.807) is 0 Å². The van der Waals surface area contributed by atoms with Crippen LogP contribution in [0.2, 0.25) is 0 Å². The van der Waals surface area contributed by atoms with Crippen molar-refractivity contribution in [2.24, 2.45) is 11.8 Å². The van der Waals surface area contributed by atoms with Crippen LogP contribution >= 0.6 is 12.6 Å². The van der Waals surface area contributed by atoms with Crippen LogP contribution in [0.15, 0.2) is 0 Å². The Morgan fingerprint density at radius 1 is 1.23 bits per heavy atom. The minimum Gasteiger partial charge on any atom is -0.303 e. The SMILES string of the molecule is CCCN(CC)CC(CS)C(C)C. The molecule has 0 rings (SSSR count). The summed E-state index contributed by atoms with van der Waals surface area (Å²) < 4.78 is 0. The predicted molar refractivity (Wildman–Crippen MR) is 64.6 cm³/mol. The molecule has 0 aromatic heterocycles. The molecular weight excluding hydrogens is 178 g/mol. The van der Waals surface area contributed by atoms with Gasteiger partial charge in [0.2, 0.25) is 0 Å². The summed E-state index contributed by atoms with van der Waals surface area (Å²) in [5, 5.41) is 0. The van der Waals surface area contributed by atoms with Gasteiger partial charge in [-0.1, -0.05) is 27.7 Å². The van der Waals surface area contributed by atoms with Crippen molar-refractivity contribution in [3.63, 3.8) is 0 Å². The molecule has 80 valence electrons. The predicted octanol–water partition coefficient (Wildman–Crippen LogP) is 2.92. The Kier molecular flexibility index (Phi) is 7.87. The number of hydrogen-bond acceptors (Lipinski definition) is 2. The zero-order chi connectivity index (χ0) is 10.3. The number of nitrogens with zero attached hydrogens (tertiary/aromatic N) is 1. The van der Waals surface area contributed by atoms with E-state index in [0.29, 0.717) is 0 Å². The van der Waals surface area contributed by atoms with Crippen LogP contribution in [0.25, 0.3) is 0 Å². The molecule has 13 heavy (non-hydrogen) atoms. The quantitative estimate of drug-likeness (QED) is 0.623. The van der Waals surface area contributed by atoms with Crippen LogP contribution in [-0.2, 0) is 0 Å². The van der Waals surface area contributed by atoms with Gasteiger partial charge in [-0.2, -0.15) is 12.6 Å². The summed E-state index contributed by atoms with van der Waals surface area (Å²) in [5.74, 6) is 2.51. The Balaban J connectivity index is 3.87. The Labute approximate surface area is 89.3 Å². The minimum atomic E-state index is 0.745. The van der Waals surface area contributed by atoms with E-state index < -0.39 is 0 Å². The van der Waals surface area contributed by atoms with Gasteiger partial charge >= 0.3 is 0 Å². The highest BCUT2D eigenvalue weighted by molar-refractivity contribution is 7.80. The van der Waals surface area contributed by atoms with Gasteiger partial charge in [0, 0.05) is 6.54 Å². The molecule has 0 bridgehead atoms. The molecule has 0 amide bonds. The van der Waals surface area contributed by atoms with Crippen LogP contribution in [0.4, 0.5) is 0 Å². The van der Waals surface area contributed by atoms with E-state index in [4.69, 9.17) is 0 Å². The zero-order valence-corrected chi connectivity index (χ0v) is 10.5. The van der Waals surface area contributed by atoms with Gasteiger partial charge in [0.15, 0.2) is 0 Å². The number of rotatable bonds is 7. The lowest BCUT2D eigenvalue weighted by molar-refractivity contribution is 0.223. The summed E-state index contributed by atoms with van der Waals surface area (Å²) >= 11 is 4.41.